The number of carbonyl (C=O) groups is 2. The predicted molar refractivity (Wildman–Crippen MR) is 112 cm³/mol. The summed E-state index contributed by atoms with van der Waals surface area (Å²) in [4.78, 5) is 31.0. The van der Waals surface area contributed by atoms with E-state index in [9.17, 15) is 9.59 Å². The highest BCUT2D eigenvalue weighted by Gasteiger charge is 2.19. The Morgan fingerprint density at radius 2 is 1.75 bits per heavy atom. The molecule has 28 heavy (non-hydrogen) atoms. The second-order valence-electron chi connectivity index (χ2n) is 7.40. The lowest BCUT2D eigenvalue weighted by Gasteiger charge is -2.19. The van der Waals surface area contributed by atoms with E-state index in [0.717, 1.165) is 0 Å². The van der Waals surface area contributed by atoms with Gasteiger partial charge in [0.1, 0.15) is 11.4 Å². The molecular formula is C21H24ClN3O3. The van der Waals surface area contributed by atoms with Gasteiger partial charge in [0.25, 0.3) is 0 Å². The number of hydrogen-bond donors (Lipinski definition) is 1. The van der Waals surface area contributed by atoms with Crippen molar-refractivity contribution in [2.24, 2.45) is 0 Å². The van der Waals surface area contributed by atoms with Crippen LogP contribution in [0.3, 0.4) is 0 Å². The minimum atomic E-state index is -0.623. The van der Waals surface area contributed by atoms with Gasteiger partial charge < -0.3 is 9.64 Å². The summed E-state index contributed by atoms with van der Waals surface area (Å²) in [6.07, 6.45) is 2.64. The third-order valence-corrected chi connectivity index (χ3v) is 3.69. The van der Waals surface area contributed by atoms with E-state index in [4.69, 9.17) is 16.3 Å². The minimum Gasteiger partial charge on any atom is -0.444 e. The van der Waals surface area contributed by atoms with E-state index in [1.54, 1.807) is 68.3 Å². The number of hydrogen-bond acceptors (Lipinski definition) is 5. The Morgan fingerprint density at radius 3 is 2.32 bits per heavy atom. The Labute approximate surface area is 170 Å². The summed E-state index contributed by atoms with van der Waals surface area (Å²) < 4.78 is 5.24. The Balaban J connectivity index is 2.33. The number of aromatic nitrogens is 1. The van der Waals surface area contributed by atoms with Crippen LogP contribution in [0.4, 0.5) is 10.6 Å². The highest BCUT2D eigenvalue weighted by atomic mass is 35.5. The molecule has 7 heteroatoms. The SMILES string of the molecule is CN(C)C=C(C(=O)c1ccc(Cl)cc1)c1ccnc(NC(=O)OC(C)(C)C)c1. The van der Waals surface area contributed by atoms with Crippen LogP contribution in [0.25, 0.3) is 5.57 Å². The van der Waals surface area contributed by atoms with Crippen molar-refractivity contribution in [1.82, 2.24) is 9.88 Å². The van der Waals surface area contributed by atoms with Gasteiger partial charge in [-0.3, -0.25) is 10.1 Å². The second kappa shape index (κ2) is 8.89. The summed E-state index contributed by atoms with van der Waals surface area (Å²) in [5, 5.41) is 3.15. The Bertz CT molecular complexity index is 885. The zero-order valence-corrected chi connectivity index (χ0v) is 17.4. The van der Waals surface area contributed by atoms with Crippen molar-refractivity contribution in [3.63, 3.8) is 0 Å². The molecule has 1 N–H and O–H groups in total. The molecule has 1 aromatic heterocycles. The minimum absolute atomic E-state index is 0.167. The molecule has 0 spiro atoms. The Morgan fingerprint density at radius 1 is 1.11 bits per heavy atom. The van der Waals surface area contributed by atoms with E-state index in [2.05, 4.69) is 10.3 Å². The van der Waals surface area contributed by atoms with Crippen LogP contribution in [0, 0.1) is 0 Å². The van der Waals surface area contributed by atoms with Crippen molar-refractivity contribution in [3.8, 4) is 0 Å². The third kappa shape index (κ3) is 6.39. The normalized spacial score (nSPS) is 11.7. The van der Waals surface area contributed by atoms with Gasteiger partial charge in [-0.2, -0.15) is 0 Å². The molecule has 2 aromatic rings. The van der Waals surface area contributed by atoms with Crippen molar-refractivity contribution in [3.05, 3.63) is 64.9 Å². The fourth-order valence-electron chi connectivity index (χ4n) is 2.35. The van der Waals surface area contributed by atoms with Gasteiger partial charge in [0.2, 0.25) is 0 Å². The first kappa shape index (κ1) is 21.4. The molecule has 0 aliphatic heterocycles. The van der Waals surface area contributed by atoms with Crippen LogP contribution in [-0.4, -0.2) is 41.5 Å². The molecular weight excluding hydrogens is 378 g/mol. The van der Waals surface area contributed by atoms with Gasteiger partial charge in [-0.25, -0.2) is 9.78 Å². The number of halogens is 1. The summed E-state index contributed by atoms with van der Waals surface area (Å²) in [6, 6.07) is 10.0. The Hall–Kier alpha value is -2.86. The zero-order valence-electron chi connectivity index (χ0n) is 16.6. The van der Waals surface area contributed by atoms with Gasteiger partial charge in [-0.15, -0.1) is 0 Å². The van der Waals surface area contributed by atoms with E-state index in [1.165, 1.54) is 6.20 Å². The van der Waals surface area contributed by atoms with E-state index in [1.807, 2.05) is 14.1 Å². The maximum Gasteiger partial charge on any atom is 0.413 e. The van der Waals surface area contributed by atoms with Crippen LogP contribution in [0.15, 0.2) is 48.8 Å². The number of ether oxygens (including phenoxy) is 1. The molecule has 2 rings (SSSR count). The van der Waals surface area contributed by atoms with E-state index in [-0.39, 0.29) is 5.78 Å². The van der Waals surface area contributed by atoms with Gasteiger partial charge in [-0.05, 0) is 62.7 Å². The lowest BCUT2D eigenvalue weighted by Crippen LogP contribution is -2.27. The molecule has 0 atom stereocenters. The van der Waals surface area contributed by atoms with E-state index < -0.39 is 11.7 Å². The van der Waals surface area contributed by atoms with Crippen LogP contribution in [-0.2, 0) is 4.74 Å². The molecule has 1 aromatic carbocycles. The number of nitrogens with zero attached hydrogens (tertiary/aromatic N) is 2. The Kier molecular flexibility index (Phi) is 6.80. The molecule has 0 saturated carbocycles. The van der Waals surface area contributed by atoms with Crippen LogP contribution >= 0.6 is 11.6 Å². The number of benzene rings is 1. The molecule has 0 radical (unpaired) electrons. The summed E-state index contributed by atoms with van der Waals surface area (Å²) in [6.45, 7) is 5.33. The monoisotopic (exact) mass is 401 g/mol. The smallest absolute Gasteiger partial charge is 0.413 e. The molecule has 1 amide bonds. The van der Waals surface area contributed by atoms with Gasteiger partial charge in [0.15, 0.2) is 5.78 Å². The number of ketones is 1. The lowest BCUT2D eigenvalue weighted by atomic mass is 9.98. The summed E-state index contributed by atoms with van der Waals surface area (Å²) >= 11 is 5.92. The average molecular weight is 402 g/mol. The van der Waals surface area contributed by atoms with Crippen molar-refractivity contribution in [1.29, 1.82) is 0 Å². The highest BCUT2D eigenvalue weighted by molar-refractivity contribution is 6.31. The molecule has 0 fully saturated rings. The molecule has 148 valence electrons. The summed E-state index contributed by atoms with van der Waals surface area (Å²) in [5.74, 6) is 0.125. The highest BCUT2D eigenvalue weighted by Crippen LogP contribution is 2.23. The number of nitrogens with one attached hydrogen (secondary N) is 1. The number of Topliss-reactive ketones (excluding diaryl/α,β-unsaturated/α-hetero) is 1. The number of carbonyl (C=O) groups excluding carboxylic acids is 2. The van der Waals surface area contributed by atoms with Gasteiger partial charge >= 0.3 is 6.09 Å². The first-order valence-electron chi connectivity index (χ1n) is 8.70. The molecule has 1 heterocycles. The molecule has 0 saturated heterocycles. The van der Waals surface area contributed by atoms with Crippen molar-refractivity contribution >= 4 is 34.9 Å². The molecule has 0 aliphatic carbocycles. The van der Waals surface area contributed by atoms with Gasteiger partial charge in [0, 0.05) is 42.7 Å². The largest absolute Gasteiger partial charge is 0.444 e. The topological polar surface area (TPSA) is 71.5 Å². The van der Waals surface area contributed by atoms with Gasteiger partial charge in [0.05, 0.1) is 0 Å². The van der Waals surface area contributed by atoms with Crippen molar-refractivity contribution in [2.75, 3.05) is 19.4 Å². The standard InChI is InChI=1S/C21H24ClN3O3/c1-21(2,3)28-20(27)24-18-12-15(10-11-23-18)17(13-25(4)5)19(26)14-6-8-16(22)9-7-14/h6-13H,1-5H3,(H,23,24,27). The zero-order chi connectivity index (χ0) is 20.9. The van der Waals surface area contributed by atoms with E-state index >= 15 is 0 Å². The maximum absolute atomic E-state index is 13.0. The lowest BCUT2D eigenvalue weighted by molar-refractivity contribution is 0.0635. The van der Waals surface area contributed by atoms with Crippen molar-refractivity contribution < 1.29 is 14.3 Å². The molecule has 0 unspecified atom stereocenters. The van der Waals surface area contributed by atoms with Crippen LogP contribution in [0.5, 0.6) is 0 Å². The van der Waals surface area contributed by atoms with Crippen LogP contribution in [0.2, 0.25) is 5.02 Å². The molecule has 0 aliphatic rings. The first-order valence-corrected chi connectivity index (χ1v) is 9.08. The number of amides is 1. The van der Waals surface area contributed by atoms with E-state index in [0.29, 0.717) is 27.5 Å². The number of anilines is 1. The number of pyridine rings is 1. The van der Waals surface area contributed by atoms with Crippen LogP contribution < -0.4 is 5.32 Å². The fraction of sp³-hybridized carbons (Fsp3) is 0.286. The van der Waals surface area contributed by atoms with Gasteiger partial charge in [-0.1, -0.05) is 11.6 Å². The molecule has 6 nitrogen and oxygen atoms in total. The quantitative estimate of drug-likeness (QED) is 0.571. The fourth-order valence-corrected chi connectivity index (χ4v) is 2.48. The third-order valence-electron chi connectivity index (χ3n) is 3.44. The number of rotatable bonds is 5. The maximum atomic E-state index is 13.0. The molecule has 0 bridgehead atoms. The second-order valence-corrected chi connectivity index (χ2v) is 7.84. The summed E-state index contributed by atoms with van der Waals surface area (Å²) in [7, 11) is 3.66. The predicted octanol–water partition coefficient (Wildman–Crippen LogP) is 4.87. The van der Waals surface area contributed by atoms with Crippen molar-refractivity contribution in [2.45, 2.75) is 26.4 Å². The summed E-state index contributed by atoms with van der Waals surface area (Å²) in [5.41, 5.74) is 0.968. The number of allylic oxidation sites excluding steroid dienone is 1. The van der Waals surface area contributed by atoms with Crippen LogP contribution in [0.1, 0.15) is 36.7 Å². The average Bonchev–Trinajstić information content (AvgIpc) is 2.58. The first-order chi connectivity index (χ1) is 13.0.